The van der Waals surface area contributed by atoms with Crippen LogP contribution in [0.5, 0.6) is 0 Å². The molecule has 3 heteroatoms. The molecule has 0 atom stereocenters. The molecule has 0 N–H and O–H groups in total. The van der Waals surface area contributed by atoms with E-state index in [0.29, 0.717) is 0 Å². The zero-order valence-corrected chi connectivity index (χ0v) is 12.0. The van der Waals surface area contributed by atoms with Gasteiger partial charge in [0.25, 0.3) is 0 Å². The van der Waals surface area contributed by atoms with Crippen molar-refractivity contribution in [3.05, 3.63) is 66.7 Å². The molecule has 2 aromatic carbocycles. The lowest BCUT2D eigenvalue weighted by Crippen LogP contribution is -1.95. The minimum absolute atomic E-state index is 0.194. The van der Waals surface area contributed by atoms with Gasteiger partial charge in [-0.25, -0.2) is 9.79 Å². The highest BCUT2D eigenvalue weighted by atomic mass is 16.5. The molecule has 2 aromatic rings. The second-order valence-electron chi connectivity index (χ2n) is 4.66. The smallest absolute Gasteiger partial charge is 0.334 e. The molecule has 0 saturated carbocycles. The third-order valence-electron chi connectivity index (χ3n) is 2.94. The van der Waals surface area contributed by atoms with Crippen LogP contribution in [0, 0.1) is 0 Å². The van der Waals surface area contributed by atoms with Crippen LogP contribution in [0.4, 0.5) is 0 Å². The Balaban J connectivity index is 0.000000225. The number of carbonyl (C=O) groups is 1. The van der Waals surface area contributed by atoms with Crippen molar-refractivity contribution >= 4 is 17.9 Å². The fraction of sp³-hybridized carbons (Fsp3) is 0.111. The van der Waals surface area contributed by atoms with Crippen LogP contribution >= 0.6 is 0 Å². The number of hydrogen-bond acceptors (Lipinski definition) is 3. The zero-order chi connectivity index (χ0) is 15.1. The lowest BCUT2D eigenvalue weighted by Gasteiger charge is -2.04. The van der Waals surface area contributed by atoms with Gasteiger partial charge in [-0.15, -0.1) is 0 Å². The summed E-state index contributed by atoms with van der Waals surface area (Å²) in [5, 5.41) is 0. The highest BCUT2D eigenvalue weighted by Gasteiger charge is 2.02. The van der Waals surface area contributed by atoms with Gasteiger partial charge in [0, 0.05) is 0 Å². The van der Waals surface area contributed by atoms with Crippen LogP contribution in [-0.2, 0) is 9.53 Å². The van der Waals surface area contributed by atoms with Crippen LogP contribution in [-0.4, -0.2) is 18.9 Å². The number of benzene rings is 2. The Morgan fingerprint density at radius 3 is 2.33 bits per heavy atom. The van der Waals surface area contributed by atoms with Crippen molar-refractivity contribution in [1.82, 2.24) is 0 Å². The molecule has 0 aliphatic carbocycles. The van der Waals surface area contributed by atoms with E-state index >= 15 is 0 Å². The normalized spacial score (nSPS) is 12.3. The van der Waals surface area contributed by atoms with E-state index in [0.717, 1.165) is 12.0 Å². The van der Waals surface area contributed by atoms with Gasteiger partial charge in [-0.1, -0.05) is 60.7 Å². The second kappa shape index (κ2) is 7.20. The number of hydrogen-bond donors (Lipinski definition) is 0. The van der Waals surface area contributed by atoms with Crippen LogP contribution < -0.4 is 0 Å². The van der Waals surface area contributed by atoms with Crippen molar-refractivity contribution in [2.45, 2.75) is 6.92 Å². The Morgan fingerprint density at radius 2 is 1.81 bits per heavy atom. The summed E-state index contributed by atoms with van der Waals surface area (Å²) in [4.78, 5) is 13.4. The molecular weight excluding hydrogens is 262 g/mol. The molecule has 0 unspecified atom stereocenters. The lowest BCUT2D eigenvalue weighted by molar-refractivity contribution is -0.131. The molecule has 21 heavy (non-hydrogen) atoms. The standard InChI is InChI=1S/C15H14.C3H3NO2/c1-12(2)14-9-6-10-15(11-14)13-7-4-3-5-8-13;5-3-1-4-2-6-3/h3-11H,1H2,2H3;2H,1H2. The largest absolute Gasteiger partial charge is 0.413 e. The third kappa shape index (κ3) is 4.42. The van der Waals surface area contributed by atoms with Gasteiger partial charge in [0.05, 0.1) is 0 Å². The molecule has 106 valence electrons. The molecule has 0 saturated heterocycles. The average molecular weight is 279 g/mol. The maximum absolute atomic E-state index is 9.90. The third-order valence-corrected chi connectivity index (χ3v) is 2.94. The maximum Gasteiger partial charge on any atom is 0.334 e. The van der Waals surface area contributed by atoms with E-state index in [2.05, 4.69) is 64.8 Å². The topological polar surface area (TPSA) is 38.7 Å². The fourth-order valence-electron chi connectivity index (χ4n) is 1.84. The number of allylic oxidation sites excluding steroid dienone is 1. The van der Waals surface area contributed by atoms with Crippen molar-refractivity contribution in [3.63, 3.8) is 0 Å². The summed E-state index contributed by atoms with van der Waals surface area (Å²) in [6.45, 7) is 6.19. The van der Waals surface area contributed by atoms with E-state index in [1.54, 1.807) is 0 Å². The molecule has 0 radical (unpaired) electrons. The van der Waals surface area contributed by atoms with E-state index in [1.165, 1.54) is 16.7 Å². The predicted molar refractivity (Wildman–Crippen MR) is 86.0 cm³/mol. The van der Waals surface area contributed by atoms with Gasteiger partial charge >= 0.3 is 5.97 Å². The highest BCUT2D eigenvalue weighted by molar-refractivity contribution is 5.84. The van der Waals surface area contributed by atoms with Gasteiger partial charge in [-0.2, -0.15) is 0 Å². The minimum atomic E-state index is -0.269. The molecule has 1 heterocycles. The van der Waals surface area contributed by atoms with Gasteiger partial charge in [0.1, 0.15) is 6.54 Å². The number of ether oxygens (including phenoxy) is 1. The Hall–Kier alpha value is -2.68. The highest BCUT2D eigenvalue weighted by Crippen LogP contribution is 2.22. The van der Waals surface area contributed by atoms with Crippen molar-refractivity contribution in [2.24, 2.45) is 4.99 Å². The monoisotopic (exact) mass is 279 g/mol. The number of cyclic esters (lactones) is 1. The number of aliphatic imine (C=N–C) groups is 1. The van der Waals surface area contributed by atoms with Gasteiger partial charge in [0.2, 0.25) is 0 Å². The van der Waals surface area contributed by atoms with Crippen LogP contribution in [0.25, 0.3) is 16.7 Å². The first-order chi connectivity index (χ1) is 10.2. The quantitative estimate of drug-likeness (QED) is 0.780. The van der Waals surface area contributed by atoms with E-state index in [1.807, 2.05) is 13.0 Å². The van der Waals surface area contributed by atoms with Gasteiger partial charge in [-0.05, 0) is 29.7 Å². The molecule has 0 spiro atoms. The molecule has 1 aliphatic heterocycles. The molecule has 0 amide bonds. The number of rotatable bonds is 2. The second-order valence-corrected chi connectivity index (χ2v) is 4.66. The molecule has 1 aliphatic rings. The number of carbonyl (C=O) groups excluding carboxylic acids is 1. The van der Waals surface area contributed by atoms with Crippen molar-refractivity contribution in [3.8, 4) is 11.1 Å². The molecular formula is C18H17NO2. The Bertz CT molecular complexity index is 650. The SMILES string of the molecule is C=C(C)c1cccc(-c2ccccc2)c1.O=C1CN=CO1. The summed E-state index contributed by atoms with van der Waals surface area (Å²) in [7, 11) is 0. The van der Waals surface area contributed by atoms with Crippen molar-refractivity contribution in [2.75, 3.05) is 6.54 Å². The number of nitrogens with zero attached hydrogens (tertiary/aromatic N) is 1. The van der Waals surface area contributed by atoms with Gasteiger partial charge in [0.15, 0.2) is 6.40 Å². The van der Waals surface area contributed by atoms with E-state index in [4.69, 9.17) is 0 Å². The predicted octanol–water partition coefficient (Wildman–Crippen LogP) is 3.96. The first-order valence-corrected chi connectivity index (χ1v) is 6.66. The lowest BCUT2D eigenvalue weighted by atomic mass is 10.0. The van der Waals surface area contributed by atoms with Crippen LogP contribution in [0.1, 0.15) is 12.5 Å². The fourth-order valence-corrected chi connectivity index (χ4v) is 1.84. The molecule has 3 rings (SSSR count). The van der Waals surface area contributed by atoms with Crippen LogP contribution in [0.3, 0.4) is 0 Å². The van der Waals surface area contributed by atoms with Crippen LogP contribution in [0.2, 0.25) is 0 Å². The van der Waals surface area contributed by atoms with Crippen LogP contribution in [0.15, 0.2) is 66.2 Å². The van der Waals surface area contributed by atoms with Crippen molar-refractivity contribution < 1.29 is 9.53 Å². The molecule has 3 nitrogen and oxygen atoms in total. The van der Waals surface area contributed by atoms with E-state index in [-0.39, 0.29) is 12.5 Å². The maximum atomic E-state index is 9.90. The van der Waals surface area contributed by atoms with Gasteiger partial charge < -0.3 is 4.74 Å². The first-order valence-electron chi connectivity index (χ1n) is 6.66. The summed E-state index contributed by atoms with van der Waals surface area (Å²) < 4.78 is 4.22. The zero-order valence-electron chi connectivity index (χ0n) is 12.0. The minimum Gasteiger partial charge on any atom is -0.413 e. The van der Waals surface area contributed by atoms with Crippen molar-refractivity contribution in [1.29, 1.82) is 0 Å². The Labute approximate surface area is 124 Å². The molecule has 0 fully saturated rings. The molecule has 0 aromatic heterocycles. The Kier molecular flexibility index (Phi) is 5.04. The summed E-state index contributed by atoms with van der Waals surface area (Å²) in [5.74, 6) is -0.269. The summed E-state index contributed by atoms with van der Waals surface area (Å²) in [6, 6.07) is 18.9. The van der Waals surface area contributed by atoms with E-state index in [9.17, 15) is 4.79 Å². The van der Waals surface area contributed by atoms with E-state index < -0.39 is 0 Å². The van der Waals surface area contributed by atoms with Gasteiger partial charge in [-0.3, -0.25) is 0 Å². The first kappa shape index (κ1) is 14.7. The summed E-state index contributed by atoms with van der Waals surface area (Å²) >= 11 is 0. The summed E-state index contributed by atoms with van der Waals surface area (Å²) in [6.07, 6.45) is 1.16. The number of esters is 1. The summed E-state index contributed by atoms with van der Waals surface area (Å²) in [5.41, 5.74) is 4.81. The Morgan fingerprint density at radius 1 is 1.10 bits per heavy atom. The average Bonchev–Trinajstić information content (AvgIpc) is 3.00. The molecule has 0 bridgehead atoms.